The molecule has 0 unspecified atom stereocenters. The quantitative estimate of drug-likeness (QED) is 0.817. The van der Waals surface area contributed by atoms with Crippen LogP contribution in [0.2, 0.25) is 0 Å². The summed E-state index contributed by atoms with van der Waals surface area (Å²) in [5, 5.41) is 0. The molecular weight excluding hydrogens is 283 g/mol. The molecule has 2 N–H and O–H groups in total. The Morgan fingerprint density at radius 2 is 1.80 bits per heavy atom. The van der Waals surface area contributed by atoms with Gasteiger partial charge in [0.2, 0.25) is 0 Å². The van der Waals surface area contributed by atoms with Gasteiger partial charge in [0.15, 0.2) is 0 Å². The van der Waals surface area contributed by atoms with Crippen LogP contribution in [0, 0.1) is 11.8 Å². The molecule has 0 atom stereocenters. The smallest absolute Gasteiger partial charge is 0.330 e. The minimum atomic E-state index is -4.22. The SMILES string of the molecule is CCc1cc(C[C@H]2C[C@@H](CN)C2)cc(SC(F)(F)F)c1. The molecule has 0 heterocycles. The molecule has 1 nitrogen and oxygen atoms in total. The molecule has 1 aliphatic rings. The van der Waals surface area contributed by atoms with Crippen molar-refractivity contribution in [3.05, 3.63) is 29.3 Å². The molecule has 1 saturated carbocycles. The zero-order valence-corrected chi connectivity index (χ0v) is 12.4. The second kappa shape index (κ2) is 6.39. The highest BCUT2D eigenvalue weighted by molar-refractivity contribution is 8.00. The summed E-state index contributed by atoms with van der Waals surface area (Å²) in [6.45, 7) is 2.69. The molecule has 0 radical (unpaired) electrons. The molecule has 0 bridgehead atoms. The largest absolute Gasteiger partial charge is 0.446 e. The summed E-state index contributed by atoms with van der Waals surface area (Å²) in [5.74, 6) is 1.19. The van der Waals surface area contributed by atoms with Crippen molar-refractivity contribution >= 4 is 11.8 Å². The van der Waals surface area contributed by atoms with E-state index >= 15 is 0 Å². The van der Waals surface area contributed by atoms with Crippen molar-refractivity contribution in [3.63, 3.8) is 0 Å². The molecular formula is C15H20F3NS. The van der Waals surface area contributed by atoms with Crippen molar-refractivity contribution < 1.29 is 13.2 Å². The molecule has 1 fully saturated rings. The van der Waals surface area contributed by atoms with Crippen LogP contribution in [0.1, 0.15) is 30.9 Å². The van der Waals surface area contributed by atoms with Gasteiger partial charge in [0, 0.05) is 4.90 Å². The average molecular weight is 303 g/mol. The maximum Gasteiger partial charge on any atom is 0.446 e. The Balaban J connectivity index is 2.06. The van der Waals surface area contributed by atoms with E-state index in [0.29, 0.717) is 16.7 Å². The number of aryl methyl sites for hydroxylation is 1. The standard InChI is InChI=1S/C15H20F3NS/c1-2-10-3-12(4-11-5-13(6-11)9-19)8-14(7-10)20-15(16,17)18/h3,7-8,11,13H,2,4-6,9,19H2,1H3/t11-,13+. The van der Waals surface area contributed by atoms with Crippen LogP contribution in [-0.4, -0.2) is 12.1 Å². The summed E-state index contributed by atoms with van der Waals surface area (Å²) >= 11 is -0.0178. The van der Waals surface area contributed by atoms with E-state index in [4.69, 9.17) is 5.73 Å². The van der Waals surface area contributed by atoms with Crippen molar-refractivity contribution in [1.29, 1.82) is 0 Å². The highest BCUT2D eigenvalue weighted by atomic mass is 32.2. The van der Waals surface area contributed by atoms with Crippen LogP contribution in [0.3, 0.4) is 0 Å². The van der Waals surface area contributed by atoms with Crippen LogP contribution in [0.15, 0.2) is 23.1 Å². The zero-order valence-electron chi connectivity index (χ0n) is 11.5. The van der Waals surface area contributed by atoms with E-state index in [1.165, 1.54) is 0 Å². The first-order valence-corrected chi connectivity index (χ1v) is 7.80. The Kier molecular flexibility index (Phi) is 5.02. The van der Waals surface area contributed by atoms with Crippen LogP contribution < -0.4 is 5.73 Å². The average Bonchev–Trinajstić information content (AvgIpc) is 2.30. The van der Waals surface area contributed by atoms with Crippen LogP contribution in [0.5, 0.6) is 0 Å². The normalized spacial score (nSPS) is 22.6. The molecule has 0 aliphatic heterocycles. The van der Waals surface area contributed by atoms with Crippen molar-refractivity contribution in [3.8, 4) is 0 Å². The van der Waals surface area contributed by atoms with Gasteiger partial charge in [0.1, 0.15) is 0 Å². The maximum absolute atomic E-state index is 12.5. The van der Waals surface area contributed by atoms with Gasteiger partial charge in [0.05, 0.1) is 0 Å². The van der Waals surface area contributed by atoms with E-state index in [1.54, 1.807) is 12.1 Å². The highest BCUT2D eigenvalue weighted by Gasteiger charge is 2.30. The molecule has 1 aromatic carbocycles. The minimum Gasteiger partial charge on any atom is -0.330 e. The van der Waals surface area contributed by atoms with Crippen LogP contribution in [0.4, 0.5) is 13.2 Å². The van der Waals surface area contributed by atoms with Gasteiger partial charge in [-0.3, -0.25) is 0 Å². The minimum absolute atomic E-state index is 0.0178. The third-order valence-electron chi connectivity index (χ3n) is 3.86. The van der Waals surface area contributed by atoms with E-state index in [0.717, 1.165) is 43.4 Å². The molecule has 112 valence electrons. The molecule has 0 saturated heterocycles. The monoisotopic (exact) mass is 303 g/mol. The number of thioether (sulfide) groups is 1. The fourth-order valence-electron chi connectivity index (χ4n) is 2.81. The van der Waals surface area contributed by atoms with E-state index in [1.807, 2.05) is 13.0 Å². The lowest BCUT2D eigenvalue weighted by Crippen LogP contribution is -2.31. The highest BCUT2D eigenvalue weighted by Crippen LogP contribution is 2.39. The van der Waals surface area contributed by atoms with Crippen LogP contribution in [-0.2, 0) is 12.8 Å². The number of rotatable bonds is 5. The zero-order chi connectivity index (χ0) is 14.8. The Bertz CT molecular complexity index is 453. The summed E-state index contributed by atoms with van der Waals surface area (Å²) in [4.78, 5) is 0.307. The second-order valence-electron chi connectivity index (χ2n) is 5.53. The number of alkyl halides is 3. The predicted octanol–water partition coefficient (Wildman–Crippen LogP) is 4.39. The van der Waals surface area contributed by atoms with Crippen molar-refractivity contribution in [2.24, 2.45) is 17.6 Å². The second-order valence-corrected chi connectivity index (χ2v) is 6.67. The van der Waals surface area contributed by atoms with Gasteiger partial charge in [-0.2, -0.15) is 13.2 Å². The predicted molar refractivity (Wildman–Crippen MR) is 76.7 cm³/mol. The summed E-state index contributed by atoms with van der Waals surface area (Å²) < 4.78 is 37.5. The summed E-state index contributed by atoms with van der Waals surface area (Å²) in [5.41, 5.74) is 3.38. The van der Waals surface area contributed by atoms with Crippen molar-refractivity contribution in [2.45, 2.75) is 43.0 Å². The van der Waals surface area contributed by atoms with Crippen LogP contribution in [0.25, 0.3) is 0 Å². The van der Waals surface area contributed by atoms with Gasteiger partial charge >= 0.3 is 5.51 Å². The fourth-order valence-corrected chi connectivity index (χ4v) is 3.50. The molecule has 0 spiro atoms. The summed E-state index contributed by atoms with van der Waals surface area (Å²) in [7, 11) is 0. The number of hydrogen-bond acceptors (Lipinski definition) is 2. The fraction of sp³-hybridized carbons (Fsp3) is 0.600. The number of benzene rings is 1. The first-order valence-electron chi connectivity index (χ1n) is 6.98. The third kappa shape index (κ3) is 4.42. The lowest BCUT2D eigenvalue weighted by molar-refractivity contribution is -0.0328. The molecule has 20 heavy (non-hydrogen) atoms. The van der Waals surface area contributed by atoms with E-state index in [9.17, 15) is 13.2 Å². The Labute approximate surface area is 122 Å². The molecule has 0 amide bonds. The summed E-state index contributed by atoms with van der Waals surface area (Å²) in [6.07, 6.45) is 3.84. The number of halogens is 3. The Morgan fingerprint density at radius 1 is 1.15 bits per heavy atom. The lowest BCUT2D eigenvalue weighted by atomic mass is 9.72. The first kappa shape index (κ1) is 15.7. The molecule has 2 rings (SSSR count). The van der Waals surface area contributed by atoms with Gasteiger partial charge in [-0.25, -0.2) is 0 Å². The van der Waals surface area contributed by atoms with Crippen LogP contribution >= 0.6 is 11.8 Å². The maximum atomic E-state index is 12.5. The lowest BCUT2D eigenvalue weighted by Gasteiger charge is -2.34. The van der Waals surface area contributed by atoms with Gasteiger partial charge < -0.3 is 5.73 Å². The van der Waals surface area contributed by atoms with Gasteiger partial charge in [-0.05, 0) is 79.1 Å². The van der Waals surface area contributed by atoms with Crippen molar-refractivity contribution in [1.82, 2.24) is 0 Å². The van der Waals surface area contributed by atoms with E-state index in [-0.39, 0.29) is 11.8 Å². The molecule has 1 aromatic rings. The van der Waals surface area contributed by atoms with E-state index in [2.05, 4.69) is 0 Å². The Morgan fingerprint density at radius 3 is 2.35 bits per heavy atom. The number of nitrogens with two attached hydrogens (primary N) is 1. The number of hydrogen-bond donors (Lipinski definition) is 1. The molecule has 1 aliphatic carbocycles. The Hall–Kier alpha value is -0.680. The first-order chi connectivity index (χ1) is 9.39. The van der Waals surface area contributed by atoms with E-state index < -0.39 is 5.51 Å². The van der Waals surface area contributed by atoms with Gasteiger partial charge in [-0.1, -0.05) is 13.0 Å². The molecule has 5 heteroatoms. The topological polar surface area (TPSA) is 26.0 Å². The van der Waals surface area contributed by atoms with Gasteiger partial charge in [-0.15, -0.1) is 0 Å². The summed E-state index contributed by atoms with van der Waals surface area (Å²) in [6, 6.07) is 5.37. The third-order valence-corrected chi connectivity index (χ3v) is 4.56. The van der Waals surface area contributed by atoms with Gasteiger partial charge in [0.25, 0.3) is 0 Å². The van der Waals surface area contributed by atoms with Crippen molar-refractivity contribution in [2.75, 3.05) is 6.54 Å². The molecule has 0 aromatic heterocycles.